The molecule has 2 rings (SSSR count). The molecule has 6 nitrogen and oxygen atoms in total. The SMILES string of the molecule is Cn1ncnc1COc1ccc(C(=N)N)cc1C(F)(F)F. The molecular weight excluding hydrogens is 287 g/mol. The maximum absolute atomic E-state index is 13.0. The van der Waals surface area contributed by atoms with Crippen LogP contribution in [0.5, 0.6) is 5.75 Å². The first kappa shape index (κ1) is 14.8. The summed E-state index contributed by atoms with van der Waals surface area (Å²) in [6.07, 6.45) is -3.33. The number of aromatic nitrogens is 3. The number of alkyl halides is 3. The number of amidine groups is 1. The highest BCUT2D eigenvalue weighted by Gasteiger charge is 2.35. The number of halogens is 3. The van der Waals surface area contributed by atoms with E-state index in [0.717, 1.165) is 12.1 Å². The van der Waals surface area contributed by atoms with Crippen LogP contribution in [-0.2, 0) is 19.8 Å². The Kier molecular flexibility index (Phi) is 3.83. The molecule has 0 aliphatic carbocycles. The van der Waals surface area contributed by atoms with E-state index >= 15 is 0 Å². The Bertz CT molecular complexity index is 665. The molecule has 0 atom stereocenters. The summed E-state index contributed by atoms with van der Waals surface area (Å²) in [5.74, 6) is -0.408. The van der Waals surface area contributed by atoms with Crippen molar-refractivity contribution in [2.75, 3.05) is 0 Å². The van der Waals surface area contributed by atoms with Crippen LogP contribution in [0.4, 0.5) is 13.2 Å². The predicted molar refractivity (Wildman–Crippen MR) is 67.8 cm³/mol. The van der Waals surface area contributed by atoms with Gasteiger partial charge in [0, 0.05) is 12.6 Å². The Morgan fingerprint density at radius 2 is 2.14 bits per heavy atom. The molecule has 0 fully saturated rings. The first-order valence-electron chi connectivity index (χ1n) is 5.80. The van der Waals surface area contributed by atoms with Gasteiger partial charge in [-0.25, -0.2) is 4.98 Å². The Morgan fingerprint density at radius 1 is 1.43 bits per heavy atom. The second-order valence-corrected chi connectivity index (χ2v) is 4.21. The molecule has 1 aromatic heterocycles. The van der Waals surface area contributed by atoms with Gasteiger partial charge in [-0.05, 0) is 18.2 Å². The fraction of sp³-hybridized carbons (Fsp3) is 0.250. The van der Waals surface area contributed by atoms with Gasteiger partial charge in [-0.3, -0.25) is 10.1 Å². The number of ether oxygens (including phenoxy) is 1. The largest absolute Gasteiger partial charge is 0.485 e. The zero-order valence-corrected chi connectivity index (χ0v) is 11.0. The van der Waals surface area contributed by atoms with E-state index in [9.17, 15) is 13.2 Å². The van der Waals surface area contributed by atoms with Gasteiger partial charge in [-0.2, -0.15) is 18.3 Å². The first-order chi connectivity index (χ1) is 9.79. The fourth-order valence-corrected chi connectivity index (χ4v) is 1.64. The van der Waals surface area contributed by atoms with Gasteiger partial charge in [-0.1, -0.05) is 0 Å². The van der Waals surface area contributed by atoms with Gasteiger partial charge in [0.25, 0.3) is 0 Å². The van der Waals surface area contributed by atoms with Gasteiger partial charge < -0.3 is 10.5 Å². The van der Waals surface area contributed by atoms with Crippen molar-refractivity contribution in [3.63, 3.8) is 0 Å². The number of hydrogen-bond donors (Lipinski definition) is 2. The van der Waals surface area contributed by atoms with Crippen LogP contribution >= 0.6 is 0 Å². The van der Waals surface area contributed by atoms with Gasteiger partial charge >= 0.3 is 6.18 Å². The zero-order valence-electron chi connectivity index (χ0n) is 11.0. The molecular formula is C12H12F3N5O. The number of aryl methyl sites for hydroxylation is 1. The van der Waals surface area contributed by atoms with Crippen LogP contribution in [0.3, 0.4) is 0 Å². The van der Waals surface area contributed by atoms with Crippen LogP contribution in [0.2, 0.25) is 0 Å². The number of nitrogens with one attached hydrogen (secondary N) is 1. The molecule has 0 amide bonds. The van der Waals surface area contributed by atoms with E-state index < -0.39 is 17.6 Å². The molecule has 0 spiro atoms. The third kappa shape index (κ3) is 3.30. The number of nitrogens with zero attached hydrogens (tertiary/aromatic N) is 3. The van der Waals surface area contributed by atoms with Crippen LogP contribution in [0.1, 0.15) is 17.0 Å². The maximum atomic E-state index is 13.0. The second kappa shape index (κ2) is 5.43. The Balaban J connectivity index is 2.30. The monoisotopic (exact) mass is 299 g/mol. The molecule has 0 unspecified atom stereocenters. The van der Waals surface area contributed by atoms with Gasteiger partial charge in [0.15, 0.2) is 5.82 Å². The zero-order chi connectivity index (χ0) is 15.6. The van der Waals surface area contributed by atoms with Crippen LogP contribution in [0, 0.1) is 5.41 Å². The lowest BCUT2D eigenvalue weighted by atomic mass is 10.1. The van der Waals surface area contributed by atoms with Gasteiger partial charge in [0.1, 0.15) is 24.5 Å². The van der Waals surface area contributed by atoms with E-state index in [2.05, 4.69) is 10.1 Å². The van der Waals surface area contributed by atoms with Crippen molar-refractivity contribution in [1.82, 2.24) is 14.8 Å². The highest BCUT2D eigenvalue weighted by atomic mass is 19.4. The number of nitrogens with two attached hydrogens (primary N) is 1. The van der Waals surface area contributed by atoms with Crippen molar-refractivity contribution in [3.8, 4) is 5.75 Å². The second-order valence-electron chi connectivity index (χ2n) is 4.21. The third-order valence-corrected chi connectivity index (χ3v) is 2.76. The molecule has 0 aliphatic heterocycles. The lowest BCUT2D eigenvalue weighted by Crippen LogP contribution is -2.15. The Hall–Kier alpha value is -2.58. The van der Waals surface area contributed by atoms with E-state index in [1.165, 1.54) is 17.1 Å². The molecule has 3 N–H and O–H groups in total. The van der Waals surface area contributed by atoms with Crippen LogP contribution in [0.25, 0.3) is 0 Å². The lowest BCUT2D eigenvalue weighted by molar-refractivity contribution is -0.139. The molecule has 0 saturated carbocycles. The van der Waals surface area contributed by atoms with E-state index in [1.54, 1.807) is 7.05 Å². The lowest BCUT2D eigenvalue weighted by Gasteiger charge is -2.14. The minimum Gasteiger partial charge on any atom is -0.485 e. The van der Waals surface area contributed by atoms with Crippen molar-refractivity contribution in [2.24, 2.45) is 12.8 Å². The molecule has 2 aromatic rings. The topological polar surface area (TPSA) is 89.8 Å². The summed E-state index contributed by atoms with van der Waals surface area (Å²) >= 11 is 0. The molecule has 21 heavy (non-hydrogen) atoms. The van der Waals surface area contributed by atoms with Gasteiger partial charge in [0.2, 0.25) is 0 Å². The average molecular weight is 299 g/mol. The van der Waals surface area contributed by atoms with Crippen molar-refractivity contribution in [2.45, 2.75) is 12.8 Å². The molecule has 0 bridgehead atoms. The van der Waals surface area contributed by atoms with Crippen LogP contribution < -0.4 is 10.5 Å². The summed E-state index contributed by atoms with van der Waals surface area (Å²) in [7, 11) is 1.61. The van der Waals surface area contributed by atoms with Gasteiger partial charge in [0.05, 0.1) is 5.56 Å². The normalized spacial score (nSPS) is 11.4. The molecule has 1 aromatic carbocycles. The summed E-state index contributed by atoms with van der Waals surface area (Å²) < 4.78 is 45.6. The quantitative estimate of drug-likeness (QED) is 0.664. The predicted octanol–water partition coefficient (Wildman–Crippen LogP) is 1.70. The molecule has 9 heteroatoms. The summed E-state index contributed by atoms with van der Waals surface area (Å²) in [6.45, 7) is -0.154. The highest BCUT2D eigenvalue weighted by molar-refractivity contribution is 5.95. The molecule has 0 radical (unpaired) electrons. The standard InChI is InChI=1S/C12H12F3N5O/c1-20-10(18-6-19-20)5-21-9-3-2-7(11(16)17)4-8(9)12(13,14)15/h2-4,6H,5H2,1H3,(H3,16,17). The maximum Gasteiger partial charge on any atom is 0.419 e. The molecule has 112 valence electrons. The smallest absolute Gasteiger partial charge is 0.419 e. The van der Waals surface area contributed by atoms with E-state index in [-0.39, 0.29) is 17.9 Å². The molecule has 0 saturated heterocycles. The van der Waals surface area contributed by atoms with E-state index in [0.29, 0.717) is 5.82 Å². The number of rotatable bonds is 4. The number of benzene rings is 1. The number of nitrogen functional groups attached to an aromatic ring is 1. The summed E-state index contributed by atoms with van der Waals surface area (Å²) in [6, 6.07) is 3.22. The Labute approximate surface area is 117 Å². The summed E-state index contributed by atoms with van der Waals surface area (Å²) in [5.41, 5.74) is 4.19. The molecule has 1 heterocycles. The highest BCUT2D eigenvalue weighted by Crippen LogP contribution is 2.37. The minimum atomic E-state index is -4.61. The van der Waals surface area contributed by atoms with Crippen molar-refractivity contribution >= 4 is 5.84 Å². The fourth-order valence-electron chi connectivity index (χ4n) is 1.64. The summed E-state index contributed by atoms with van der Waals surface area (Å²) in [4.78, 5) is 3.86. The first-order valence-corrected chi connectivity index (χ1v) is 5.80. The minimum absolute atomic E-state index is 0.0201. The average Bonchev–Trinajstić information content (AvgIpc) is 2.80. The van der Waals surface area contributed by atoms with Crippen molar-refractivity contribution in [3.05, 3.63) is 41.5 Å². The number of hydrogen-bond acceptors (Lipinski definition) is 4. The van der Waals surface area contributed by atoms with Crippen molar-refractivity contribution in [1.29, 1.82) is 5.41 Å². The third-order valence-electron chi connectivity index (χ3n) is 2.76. The van der Waals surface area contributed by atoms with Gasteiger partial charge in [-0.15, -0.1) is 0 Å². The Morgan fingerprint density at radius 3 is 2.67 bits per heavy atom. The van der Waals surface area contributed by atoms with Crippen molar-refractivity contribution < 1.29 is 17.9 Å². The van der Waals surface area contributed by atoms with E-state index in [1.807, 2.05) is 0 Å². The summed E-state index contributed by atoms with van der Waals surface area (Å²) in [5, 5.41) is 11.0. The van der Waals surface area contributed by atoms with Crippen LogP contribution in [0.15, 0.2) is 24.5 Å². The molecule has 0 aliphatic rings. The van der Waals surface area contributed by atoms with E-state index in [4.69, 9.17) is 15.9 Å². The van der Waals surface area contributed by atoms with Crippen LogP contribution in [-0.4, -0.2) is 20.6 Å².